The molecule has 1 aliphatic rings. The van der Waals surface area contributed by atoms with Crippen LogP contribution in [0.15, 0.2) is 36.4 Å². The molecule has 2 aromatic carbocycles. The van der Waals surface area contributed by atoms with Crippen LogP contribution in [0.5, 0.6) is 11.5 Å². The summed E-state index contributed by atoms with van der Waals surface area (Å²) in [7, 11) is 2.00. The number of nitrogens with two attached hydrogens (primary N) is 1. The number of nitrogens with zero attached hydrogens (tertiary/aromatic N) is 2. The van der Waals surface area contributed by atoms with E-state index in [0.717, 1.165) is 49.6 Å². The van der Waals surface area contributed by atoms with Crippen molar-refractivity contribution in [2.24, 2.45) is 5.73 Å². The molecule has 186 valence electrons. The van der Waals surface area contributed by atoms with Crippen LogP contribution < -0.4 is 15.2 Å². The van der Waals surface area contributed by atoms with E-state index in [1.165, 1.54) is 42.6 Å². The number of hydrogen-bond acceptors (Lipinski definition) is 5. The molecule has 1 fully saturated rings. The maximum Gasteiger partial charge on any atom is 0.218 e. The molecule has 0 aliphatic carbocycles. The van der Waals surface area contributed by atoms with Crippen molar-refractivity contribution in [1.82, 2.24) is 9.80 Å². The van der Waals surface area contributed by atoms with Gasteiger partial charge in [0.15, 0.2) is 0 Å². The molecule has 0 radical (unpaired) electrons. The minimum atomic E-state index is -0.262. The second-order valence-corrected chi connectivity index (χ2v) is 9.33. The van der Waals surface area contributed by atoms with Crippen LogP contribution in [0.1, 0.15) is 43.2 Å². The predicted octanol–water partition coefficient (Wildman–Crippen LogP) is 4.41. The predicted molar refractivity (Wildman–Crippen MR) is 139 cm³/mol. The van der Waals surface area contributed by atoms with Crippen molar-refractivity contribution in [2.45, 2.75) is 46.0 Å². The summed E-state index contributed by atoms with van der Waals surface area (Å²) in [6, 6.07) is 12.5. The Kier molecular flexibility index (Phi) is 10.2. The van der Waals surface area contributed by atoms with Gasteiger partial charge in [0, 0.05) is 26.1 Å². The molecule has 0 atom stereocenters. The van der Waals surface area contributed by atoms with E-state index < -0.39 is 0 Å². The zero-order valence-corrected chi connectivity index (χ0v) is 21.1. The fraction of sp³-hybridized carbons (Fsp3) is 0.536. The SMILES string of the molecule is Cc1c(OCCCN(C)CCC(N)=O)cccc1-c1cccc(OCCCN2CCCC2)c1C. The molecule has 1 saturated heterocycles. The van der Waals surface area contributed by atoms with Crippen molar-refractivity contribution in [2.75, 3.05) is 53.0 Å². The lowest BCUT2D eigenvalue weighted by Crippen LogP contribution is -2.26. The molecule has 0 saturated carbocycles. The highest BCUT2D eigenvalue weighted by molar-refractivity contribution is 5.74. The molecule has 2 N–H and O–H groups in total. The van der Waals surface area contributed by atoms with Gasteiger partial charge in [-0.05, 0) is 94.1 Å². The van der Waals surface area contributed by atoms with Crippen LogP contribution in [0.3, 0.4) is 0 Å². The van der Waals surface area contributed by atoms with Crippen molar-refractivity contribution >= 4 is 5.91 Å². The van der Waals surface area contributed by atoms with E-state index in [9.17, 15) is 4.79 Å². The first-order chi connectivity index (χ1) is 16.5. The summed E-state index contributed by atoms with van der Waals surface area (Å²) < 4.78 is 12.3. The van der Waals surface area contributed by atoms with Gasteiger partial charge in [0.25, 0.3) is 0 Å². The second kappa shape index (κ2) is 13.4. The van der Waals surface area contributed by atoms with Gasteiger partial charge < -0.3 is 25.0 Å². The number of rotatable bonds is 14. The standard InChI is InChI=1S/C28H41N3O3/c1-22-24(10-6-12-26(22)33-20-8-15-30(3)19-14-28(29)32)25-11-7-13-27(23(25)2)34-21-9-18-31-16-4-5-17-31/h6-7,10-13H,4-5,8-9,14-21H2,1-3H3,(H2,29,32). The summed E-state index contributed by atoms with van der Waals surface area (Å²) >= 11 is 0. The van der Waals surface area contributed by atoms with Crippen LogP contribution in [0, 0.1) is 13.8 Å². The van der Waals surface area contributed by atoms with Gasteiger partial charge in [0.2, 0.25) is 5.91 Å². The molecule has 6 heteroatoms. The lowest BCUT2D eigenvalue weighted by atomic mass is 9.95. The molecule has 6 nitrogen and oxygen atoms in total. The normalized spacial score (nSPS) is 14.0. The largest absolute Gasteiger partial charge is 0.493 e. The van der Waals surface area contributed by atoms with Crippen LogP contribution in [0.4, 0.5) is 0 Å². The van der Waals surface area contributed by atoms with Crippen LogP contribution >= 0.6 is 0 Å². The zero-order chi connectivity index (χ0) is 24.3. The van der Waals surface area contributed by atoms with E-state index >= 15 is 0 Å². The summed E-state index contributed by atoms with van der Waals surface area (Å²) in [4.78, 5) is 15.6. The number of hydrogen-bond donors (Lipinski definition) is 1. The van der Waals surface area contributed by atoms with Gasteiger partial charge in [-0.25, -0.2) is 0 Å². The summed E-state index contributed by atoms with van der Waals surface area (Å²) in [6.07, 6.45) is 5.00. The first kappa shape index (κ1) is 26.0. The van der Waals surface area contributed by atoms with Crippen LogP contribution in [-0.4, -0.2) is 68.7 Å². The third-order valence-corrected chi connectivity index (χ3v) is 6.61. The van der Waals surface area contributed by atoms with Crippen LogP contribution in [0.25, 0.3) is 11.1 Å². The number of primary amides is 1. The summed E-state index contributed by atoms with van der Waals surface area (Å²) in [6.45, 7) is 10.8. The third-order valence-electron chi connectivity index (χ3n) is 6.61. The van der Waals surface area contributed by atoms with Gasteiger partial charge in [0.1, 0.15) is 11.5 Å². The molecular weight excluding hydrogens is 426 g/mol. The molecule has 0 spiro atoms. The number of carbonyl (C=O) groups excluding carboxylic acids is 1. The molecule has 1 aliphatic heterocycles. The van der Waals surface area contributed by atoms with Gasteiger partial charge in [-0.1, -0.05) is 24.3 Å². The molecule has 34 heavy (non-hydrogen) atoms. The zero-order valence-electron chi connectivity index (χ0n) is 21.1. The van der Waals surface area contributed by atoms with Crippen molar-refractivity contribution in [3.63, 3.8) is 0 Å². The van der Waals surface area contributed by atoms with Crippen molar-refractivity contribution in [3.05, 3.63) is 47.5 Å². The van der Waals surface area contributed by atoms with E-state index in [-0.39, 0.29) is 5.91 Å². The minimum absolute atomic E-state index is 0.262. The van der Waals surface area contributed by atoms with E-state index in [1.54, 1.807) is 0 Å². The first-order valence-corrected chi connectivity index (χ1v) is 12.6. The maximum absolute atomic E-state index is 10.9. The average Bonchev–Trinajstić information content (AvgIpc) is 3.34. The van der Waals surface area contributed by atoms with Gasteiger partial charge in [-0.3, -0.25) is 4.79 Å². The Hall–Kier alpha value is -2.57. The summed E-state index contributed by atoms with van der Waals surface area (Å²) in [5, 5.41) is 0. The van der Waals surface area contributed by atoms with Gasteiger partial charge in [-0.2, -0.15) is 0 Å². The van der Waals surface area contributed by atoms with Crippen molar-refractivity contribution in [3.8, 4) is 22.6 Å². The fourth-order valence-electron chi connectivity index (χ4n) is 4.53. The van der Waals surface area contributed by atoms with E-state index in [2.05, 4.69) is 54.0 Å². The minimum Gasteiger partial charge on any atom is -0.493 e. The number of likely N-dealkylation sites (tertiary alicyclic amines) is 1. The monoisotopic (exact) mass is 467 g/mol. The summed E-state index contributed by atoms with van der Waals surface area (Å²) in [5.74, 6) is 1.61. The van der Waals surface area contributed by atoms with E-state index in [1.807, 2.05) is 13.1 Å². The first-order valence-electron chi connectivity index (χ1n) is 12.6. The number of benzene rings is 2. The molecule has 0 bridgehead atoms. The van der Waals surface area contributed by atoms with Gasteiger partial charge in [0.05, 0.1) is 13.2 Å². The highest BCUT2D eigenvalue weighted by atomic mass is 16.5. The molecule has 3 rings (SSSR count). The Morgan fingerprint density at radius 2 is 1.47 bits per heavy atom. The topological polar surface area (TPSA) is 68.0 Å². The lowest BCUT2D eigenvalue weighted by molar-refractivity contribution is -0.118. The molecule has 0 aromatic heterocycles. The molecule has 2 aromatic rings. The lowest BCUT2D eigenvalue weighted by Gasteiger charge is -2.18. The Morgan fingerprint density at radius 1 is 0.912 bits per heavy atom. The van der Waals surface area contributed by atoms with Crippen LogP contribution in [0.2, 0.25) is 0 Å². The quantitative estimate of drug-likeness (QED) is 0.417. The van der Waals surface area contributed by atoms with E-state index in [0.29, 0.717) is 19.6 Å². The molecule has 1 amide bonds. The Balaban J connectivity index is 1.55. The van der Waals surface area contributed by atoms with E-state index in [4.69, 9.17) is 15.2 Å². The molecule has 1 heterocycles. The van der Waals surface area contributed by atoms with Crippen LogP contribution in [-0.2, 0) is 4.79 Å². The smallest absolute Gasteiger partial charge is 0.218 e. The van der Waals surface area contributed by atoms with Gasteiger partial charge in [-0.15, -0.1) is 0 Å². The molecule has 0 unspecified atom stereocenters. The number of ether oxygens (including phenoxy) is 2. The number of amides is 1. The Morgan fingerprint density at radius 3 is 2.03 bits per heavy atom. The molecular formula is C28H41N3O3. The second-order valence-electron chi connectivity index (χ2n) is 9.33. The highest BCUT2D eigenvalue weighted by Crippen LogP contribution is 2.35. The summed E-state index contributed by atoms with van der Waals surface area (Å²) in [5.41, 5.74) is 9.89. The van der Waals surface area contributed by atoms with Crippen molar-refractivity contribution < 1.29 is 14.3 Å². The number of carbonyl (C=O) groups is 1. The van der Waals surface area contributed by atoms with Crippen molar-refractivity contribution in [1.29, 1.82) is 0 Å². The Bertz CT molecular complexity index is 925. The van der Waals surface area contributed by atoms with Gasteiger partial charge >= 0.3 is 0 Å². The maximum atomic E-state index is 10.9. The average molecular weight is 468 g/mol. The fourth-order valence-corrected chi connectivity index (χ4v) is 4.53. The Labute approximate surface area is 205 Å². The third kappa shape index (κ3) is 7.74. The highest BCUT2D eigenvalue weighted by Gasteiger charge is 2.14.